The number of pyridine rings is 1. The largest absolute Gasteiger partial charge is 0.503 e. The molecule has 0 radical (unpaired) electrons. The topological polar surface area (TPSA) is 77.8 Å². The highest BCUT2D eigenvalue weighted by Gasteiger charge is 2.43. The fourth-order valence-electron chi connectivity index (χ4n) is 2.81. The summed E-state index contributed by atoms with van der Waals surface area (Å²) in [5.41, 5.74) is -0.932. The summed E-state index contributed by atoms with van der Waals surface area (Å²) in [7, 11) is 2.62. The third kappa shape index (κ3) is 1.91. The number of fused-ring (bicyclic) bond motifs is 1. The molecular weight excluding hydrogens is 262 g/mol. The van der Waals surface area contributed by atoms with Crippen LogP contribution in [0.4, 0.5) is 0 Å². The third-order valence-corrected chi connectivity index (χ3v) is 3.97. The number of rotatable bonds is 4. The molecule has 0 spiro atoms. The zero-order valence-corrected chi connectivity index (χ0v) is 11.9. The first-order valence-corrected chi connectivity index (χ1v) is 6.61. The highest BCUT2D eigenvalue weighted by atomic mass is 16.6. The molecule has 1 N–H and O–H groups in total. The zero-order valence-electron chi connectivity index (χ0n) is 11.9. The first-order chi connectivity index (χ1) is 9.51. The van der Waals surface area contributed by atoms with Crippen LogP contribution in [0.2, 0.25) is 0 Å². The minimum atomic E-state index is -1.45. The fourth-order valence-corrected chi connectivity index (χ4v) is 2.81. The predicted octanol–water partition coefficient (Wildman–Crippen LogP) is 0.925. The number of ether oxygens (including phenoxy) is 2. The van der Waals surface area contributed by atoms with Crippen LogP contribution < -0.4 is 5.56 Å². The molecule has 6 heteroatoms. The van der Waals surface area contributed by atoms with Gasteiger partial charge in [-0.25, -0.2) is 4.79 Å². The second kappa shape index (κ2) is 5.28. The van der Waals surface area contributed by atoms with E-state index < -0.39 is 22.9 Å². The fraction of sp³-hybridized carbons (Fsp3) is 0.571. The summed E-state index contributed by atoms with van der Waals surface area (Å²) in [4.78, 5) is 24.3. The first kappa shape index (κ1) is 14.6. The molecule has 0 aliphatic carbocycles. The van der Waals surface area contributed by atoms with E-state index in [0.717, 1.165) is 18.5 Å². The van der Waals surface area contributed by atoms with E-state index in [1.807, 2.05) is 0 Å². The number of aromatic hydroxyl groups is 1. The second-order valence-corrected chi connectivity index (χ2v) is 4.83. The summed E-state index contributed by atoms with van der Waals surface area (Å²) in [5.74, 6) is -1.06. The molecule has 0 saturated heterocycles. The lowest BCUT2D eigenvalue weighted by molar-refractivity contribution is -0.168. The SMILES string of the molecule is CCC(OC)(C(=O)OC)c1cc2n(c(=O)c1O)CCC2. The maximum Gasteiger partial charge on any atom is 0.342 e. The summed E-state index contributed by atoms with van der Waals surface area (Å²) in [5, 5.41) is 10.2. The van der Waals surface area contributed by atoms with E-state index >= 15 is 0 Å². The number of nitrogens with zero attached hydrogens (tertiary/aromatic N) is 1. The van der Waals surface area contributed by atoms with Crippen LogP contribution in [0, 0.1) is 0 Å². The third-order valence-electron chi connectivity index (χ3n) is 3.97. The number of aromatic nitrogens is 1. The summed E-state index contributed by atoms with van der Waals surface area (Å²) in [6, 6.07) is 1.67. The van der Waals surface area contributed by atoms with E-state index in [1.165, 1.54) is 18.8 Å². The maximum absolute atomic E-state index is 12.2. The minimum absolute atomic E-state index is 0.188. The van der Waals surface area contributed by atoms with Crippen molar-refractivity contribution in [1.29, 1.82) is 0 Å². The van der Waals surface area contributed by atoms with Crippen LogP contribution >= 0.6 is 0 Å². The van der Waals surface area contributed by atoms with Gasteiger partial charge in [0.25, 0.3) is 5.56 Å². The number of aryl methyl sites for hydroxylation is 1. The van der Waals surface area contributed by atoms with Gasteiger partial charge in [0.1, 0.15) is 0 Å². The first-order valence-electron chi connectivity index (χ1n) is 6.61. The van der Waals surface area contributed by atoms with Crippen molar-refractivity contribution in [3.8, 4) is 5.75 Å². The van der Waals surface area contributed by atoms with Gasteiger partial charge in [0.2, 0.25) is 0 Å². The van der Waals surface area contributed by atoms with Gasteiger partial charge in [-0.15, -0.1) is 0 Å². The smallest absolute Gasteiger partial charge is 0.342 e. The highest BCUT2D eigenvalue weighted by molar-refractivity contribution is 5.82. The Morgan fingerprint density at radius 1 is 1.50 bits per heavy atom. The molecule has 0 bridgehead atoms. The number of hydrogen-bond acceptors (Lipinski definition) is 5. The Balaban J connectivity index is 2.70. The lowest BCUT2D eigenvalue weighted by Gasteiger charge is -2.29. The molecule has 1 atom stereocenters. The Bertz CT molecular complexity index is 586. The van der Waals surface area contributed by atoms with E-state index in [0.29, 0.717) is 6.54 Å². The van der Waals surface area contributed by atoms with E-state index in [2.05, 4.69) is 0 Å². The average Bonchev–Trinajstić information content (AvgIpc) is 2.94. The summed E-state index contributed by atoms with van der Waals surface area (Å²) in [6.45, 7) is 2.33. The highest BCUT2D eigenvalue weighted by Crippen LogP contribution is 2.36. The van der Waals surface area contributed by atoms with Gasteiger partial charge in [0, 0.05) is 24.9 Å². The molecule has 0 aromatic carbocycles. The van der Waals surface area contributed by atoms with Gasteiger partial charge >= 0.3 is 5.97 Å². The van der Waals surface area contributed by atoms with Gasteiger partial charge < -0.3 is 19.1 Å². The van der Waals surface area contributed by atoms with E-state index in [9.17, 15) is 14.7 Å². The molecule has 1 unspecified atom stereocenters. The van der Waals surface area contributed by atoms with Crippen LogP contribution in [0.1, 0.15) is 31.0 Å². The normalized spacial score (nSPS) is 16.6. The van der Waals surface area contributed by atoms with Gasteiger partial charge in [0.05, 0.1) is 7.11 Å². The molecule has 20 heavy (non-hydrogen) atoms. The average molecular weight is 281 g/mol. The van der Waals surface area contributed by atoms with Crippen LogP contribution in [0.25, 0.3) is 0 Å². The van der Waals surface area contributed by atoms with Crippen molar-refractivity contribution >= 4 is 5.97 Å². The Hall–Kier alpha value is -1.82. The van der Waals surface area contributed by atoms with Crippen LogP contribution in [-0.2, 0) is 32.8 Å². The van der Waals surface area contributed by atoms with Crippen molar-refractivity contribution < 1.29 is 19.4 Å². The quantitative estimate of drug-likeness (QED) is 0.831. The maximum atomic E-state index is 12.2. The number of carbonyl (C=O) groups excluding carboxylic acids is 1. The number of hydrogen-bond donors (Lipinski definition) is 1. The van der Waals surface area contributed by atoms with Crippen molar-refractivity contribution in [3.05, 3.63) is 27.7 Å². The molecular formula is C14H19NO5. The lowest BCUT2D eigenvalue weighted by atomic mass is 9.90. The Kier molecular flexibility index (Phi) is 3.85. The molecule has 0 fully saturated rings. The molecule has 0 amide bonds. The van der Waals surface area contributed by atoms with Crippen LogP contribution in [0.5, 0.6) is 5.75 Å². The molecule has 6 nitrogen and oxygen atoms in total. The predicted molar refractivity (Wildman–Crippen MR) is 71.7 cm³/mol. The number of esters is 1. The molecule has 1 aromatic rings. The Labute approximate surface area is 116 Å². The number of methoxy groups -OCH3 is 2. The van der Waals surface area contributed by atoms with Crippen molar-refractivity contribution in [2.24, 2.45) is 0 Å². The van der Waals surface area contributed by atoms with Gasteiger partial charge in [-0.05, 0) is 25.3 Å². The van der Waals surface area contributed by atoms with Crippen LogP contribution in [-0.4, -0.2) is 29.9 Å². The van der Waals surface area contributed by atoms with Crippen molar-refractivity contribution in [2.75, 3.05) is 14.2 Å². The molecule has 2 heterocycles. The van der Waals surface area contributed by atoms with Crippen molar-refractivity contribution in [1.82, 2.24) is 4.57 Å². The zero-order chi connectivity index (χ0) is 14.9. The molecule has 0 saturated carbocycles. The standard InChI is InChI=1S/C14H19NO5/c1-4-14(20-3,13(18)19-2)10-8-9-6-5-7-15(9)12(17)11(10)16/h8,16H,4-7H2,1-3H3. The molecule has 2 rings (SSSR count). The van der Waals surface area contributed by atoms with Crippen LogP contribution in [0.3, 0.4) is 0 Å². The van der Waals surface area contributed by atoms with Gasteiger partial charge in [-0.2, -0.15) is 0 Å². The summed E-state index contributed by atoms with van der Waals surface area (Å²) in [6.07, 6.45) is 1.85. The molecule has 1 aliphatic heterocycles. The second-order valence-electron chi connectivity index (χ2n) is 4.83. The van der Waals surface area contributed by atoms with Gasteiger partial charge in [-0.1, -0.05) is 6.92 Å². The minimum Gasteiger partial charge on any atom is -0.503 e. The molecule has 110 valence electrons. The Morgan fingerprint density at radius 3 is 2.75 bits per heavy atom. The van der Waals surface area contributed by atoms with Crippen LogP contribution in [0.15, 0.2) is 10.9 Å². The summed E-state index contributed by atoms with van der Waals surface area (Å²) < 4.78 is 11.7. The van der Waals surface area contributed by atoms with E-state index in [4.69, 9.17) is 9.47 Å². The van der Waals surface area contributed by atoms with E-state index in [-0.39, 0.29) is 12.0 Å². The Morgan fingerprint density at radius 2 is 2.20 bits per heavy atom. The van der Waals surface area contributed by atoms with E-state index in [1.54, 1.807) is 13.0 Å². The molecule has 1 aliphatic rings. The van der Waals surface area contributed by atoms with Crippen molar-refractivity contribution in [2.45, 2.75) is 38.3 Å². The van der Waals surface area contributed by atoms with Crippen molar-refractivity contribution in [3.63, 3.8) is 0 Å². The van der Waals surface area contributed by atoms with Gasteiger partial charge in [0.15, 0.2) is 11.4 Å². The summed E-state index contributed by atoms with van der Waals surface area (Å²) >= 11 is 0. The monoisotopic (exact) mass is 281 g/mol. The lowest BCUT2D eigenvalue weighted by Crippen LogP contribution is -2.40. The molecule has 1 aromatic heterocycles. The van der Waals surface area contributed by atoms with Gasteiger partial charge in [-0.3, -0.25) is 4.79 Å². The number of carbonyl (C=O) groups is 1.